The van der Waals surface area contributed by atoms with Crippen LogP contribution in [0.2, 0.25) is 5.02 Å². The van der Waals surface area contributed by atoms with Gasteiger partial charge in [0, 0.05) is 29.9 Å². The lowest BCUT2D eigenvalue weighted by Crippen LogP contribution is -2.38. The van der Waals surface area contributed by atoms with E-state index in [1.165, 1.54) is 6.20 Å². The summed E-state index contributed by atoms with van der Waals surface area (Å²) in [6.07, 6.45) is 1.50. The van der Waals surface area contributed by atoms with E-state index >= 15 is 0 Å². The van der Waals surface area contributed by atoms with Crippen molar-refractivity contribution >= 4 is 39.7 Å². The second-order valence-corrected chi connectivity index (χ2v) is 5.68. The fourth-order valence-corrected chi connectivity index (χ4v) is 2.81. The van der Waals surface area contributed by atoms with Crippen molar-refractivity contribution in [1.82, 2.24) is 9.97 Å². The van der Waals surface area contributed by atoms with Crippen molar-refractivity contribution in [3.63, 3.8) is 0 Å². The molecule has 3 rings (SSSR count). The normalized spacial score (nSPS) is 10.9. The molecule has 0 aliphatic heterocycles. The van der Waals surface area contributed by atoms with E-state index in [9.17, 15) is 4.79 Å². The van der Waals surface area contributed by atoms with E-state index in [4.69, 9.17) is 28.5 Å². The Morgan fingerprint density at radius 1 is 1.35 bits per heavy atom. The fourth-order valence-electron chi connectivity index (χ4n) is 2.66. The maximum atomic E-state index is 12.2. The van der Waals surface area contributed by atoms with Crippen molar-refractivity contribution < 1.29 is 5.41 Å². The van der Waals surface area contributed by atoms with Gasteiger partial charge in [-0.25, -0.2) is 0 Å². The monoisotopic (exact) mass is 328 g/mol. The second kappa shape index (κ2) is 5.40. The number of aromatic nitrogens is 2. The molecular formula is C16H15ClN5O+. The number of H-pyrrole nitrogens is 1. The van der Waals surface area contributed by atoms with Crippen molar-refractivity contribution in [2.45, 2.75) is 6.92 Å². The Morgan fingerprint density at radius 3 is 2.78 bits per heavy atom. The number of nitrogens with zero attached hydrogens (tertiary/aromatic N) is 1. The largest absolute Gasteiger partial charge is 0.398 e. The molecule has 2 heterocycles. The first kappa shape index (κ1) is 15.1. The van der Waals surface area contributed by atoms with Crippen molar-refractivity contribution in [2.24, 2.45) is 0 Å². The minimum absolute atomic E-state index is 0.0559. The van der Waals surface area contributed by atoms with Crippen LogP contribution in [-0.4, -0.2) is 15.7 Å². The lowest BCUT2D eigenvalue weighted by atomic mass is 9.94. The standard InChI is InChI=1S/C16H14ClN5O/c1-7(18)12-9(3-2-4-10(12)19)13-14(20)16(23)22-11-5-8(17)6-21-15(11)13/h2-6,18H,19-20H2,1H3,(H,22,23)/p+1. The van der Waals surface area contributed by atoms with Gasteiger partial charge in [0.25, 0.3) is 5.56 Å². The van der Waals surface area contributed by atoms with Gasteiger partial charge >= 0.3 is 0 Å². The molecule has 7 N–H and O–H groups in total. The summed E-state index contributed by atoms with van der Waals surface area (Å²) in [7, 11) is 0. The van der Waals surface area contributed by atoms with Crippen LogP contribution in [0.4, 0.5) is 11.4 Å². The molecule has 1 aromatic carbocycles. The SMILES string of the molecule is CC(=[NH2+])c1c(N)cccc1-c1c(N)c(=O)[nH]c2cc(Cl)cnc12. The molecule has 0 saturated carbocycles. The minimum atomic E-state index is -0.417. The van der Waals surface area contributed by atoms with Gasteiger partial charge in [-0.2, -0.15) is 0 Å². The highest BCUT2D eigenvalue weighted by atomic mass is 35.5. The Bertz CT molecular complexity index is 1010. The number of hydrogen-bond donors (Lipinski definition) is 4. The van der Waals surface area contributed by atoms with Gasteiger partial charge in [-0.3, -0.25) is 15.2 Å². The maximum Gasteiger partial charge on any atom is 0.272 e. The number of nitrogens with one attached hydrogen (secondary N) is 1. The molecule has 0 unspecified atom stereocenters. The summed E-state index contributed by atoms with van der Waals surface area (Å²) in [4.78, 5) is 19.2. The van der Waals surface area contributed by atoms with Crippen molar-refractivity contribution in [2.75, 3.05) is 11.5 Å². The van der Waals surface area contributed by atoms with Gasteiger partial charge in [-0.15, -0.1) is 0 Å². The molecule has 0 saturated heterocycles. The van der Waals surface area contributed by atoms with Crippen LogP contribution in [0.1, 0.15) is 12.5 Å². The van der Waals surface area contributed by atoms with E-state index in [1.807, 2.05) is 6.07 Å². The maximum absolute atomic E-state index is 12.2. The third kappa shape index (κ3) is 2.43. The molecule has 3 aromatic rings. The van der Waals surface area contributed by atoms with E-state index in [1.54, 1.807) is 25.1 Å². The first-order chi connectivity index (χ1) is 10.9. The number of anilines is 2. The number of hydrogen-bond acceptors (Lipinski definition) is 4. The second-order valence-electron chi connectivity index (χ2n) is 5.25. The molecule has 6 nitrogen and oxygen atoms in total. The summed E-state index contributed by atoms with van der Waals surface area (Å²) in [5.41, 5.74) is 15.6. The summed E-state index contributed by atoms with van der Waals surface area (Å²) in [6, 6.07) is 6.95. The van der Waals surface area contributed by atoms with Crippen molar-refractivity contribution in [3.05, 3.63) is 51.4 Å². The summed E-state index contributed by atoms with van der Waals surface area (Å²) in [5.74, 6) is 0. The lowest BCUT2D eigenvalue weighted by Gasteiger charge is -2.13. The minimum Gasteiger partial charge on any atom is -0.398 e. The molecule has 0 fully saturated rings. The van der Waals surface area contributed by atoms with E-state index in [-0.39, 0.29) is 5.69 Å². The highest BCUT2D eigenvalue weighted by molar-refractivity contribution is 6.31. The van der Waals surface area contributed by atoms with Gasteiger partial charge < -0.3 is 16.5 Å². The Labute approximate surface area is 136 Å². The van der Waals surface area contributed by atoms with E-state index in [0.29, 0.717) is 44.1 Å². The zero-order valence-corrected chi connectivity index (χ0v) is 13.1. The number of halogens is 1. The van der Waals surface area contributed by atoms with Gasteiger partial charge in [0.2, 0.25) is 0 Å². The molecule has 116 valence electrons. The molecule has 0 amide bonds. The number of nitrogens with two attached hydrogens (primary N) is 3. The number of pyridine rings is 2. The number of aromatic amines is 1. The average molecular weight is 329 g/mol. The third-order valence-corrected chi connectivity index (χ3v) is 3.82. The summed E-state index contributed by atoms with van der Waals surface area (Å²) in [5, 5.41) is 6.39. The van der Waals surface area contributed by atoms with Crippen LogP contribution in [0.25, 0.3) is 22.2 Å². The van der Waals surface area contributed by atoms with Crippen LogP contribution in [0.3, 0.4) is 0 Å². The zero-order valence-electron chi connectivity index (χ0n) is 12.4. The van der Waals surface area contributed by atoms with Crippen LogP contribution in [0.5, 0.6) is 0 Å². The van der Waals surface area contributed by atoms with Crippen LogP contribution in [0.15, 0.2) is 35.3 Å². The van der Waals surface area contributed by atoms with Gasteiger partial charge in [-0.05, 0) is 12.1 Å². The first-order valence-corrected chi connectivity index (χ1v) is 7.23. The molecule has 0 atom stereocenters. The van der Waals surface area contributed by atoms with E-state index < -0.39 is 5.56 Å². The Morgan fingerprint density at radius 2 is 2.09 bits per heavy atom. The van der Waals surface area contributed by atoms with Crippen LogP contribution in [0, 0.1) is 0 Å². The molecule has 0 bridgehead atoms. The summed E-state index contributed by atoms with van der Waals surface area (Å²) < 4.78 is 0. The van der Waals surface area contributed by atoms with Gasteiger partial charge in [-0.1, -0.05) is 23.7 Å². The highest BCUT2D eigenvalue weighted by Crippen LogP contribution is 2.34. The fraction of sp³-hybridized carbons (Fsp3) is 0.0625. The predicted molar refractivity (Wildman–Crippen MR) is 93.3 cm³/mol. The molecule has 0 radical (unpaired) electrons. The number of nitrogen functional groups attached to an aromatic ring is 2. The highest BCUT2D eigenvalue weighted by Gasteiger charge is 2.20. The quantitative estimate of drug-likeness (QED) is 0.413. The van der Waals surface area contributed by atoms with E-state index in [2.05, 4.69) is 9.97 Å². The zero-order chi connectivity index (χ0) is 16.7. The van der Waals surface area contributed by atoms with Crippen LogP contribution < -0.4 is 22.4 Å². The molecule has 7 heteroatoms. The smallest absolute Gasteiger partial charge is 0.272 e. The van der Waals surface area contributed by atoms with Crippen LogP contribution >= 0.6 is 11.6 Å². The van der Waals surface area contributed by atoms with Crippen molar-refractivity contribution in [1.29, 1.82) is 0 Å². The summed E-state index contributed by atoms with van der Waals surface area (Å²) in [6.45, 7) is 1.74. The number of rotatable bonds is 2. The topological polar surface area (TPSA) is 123 Å². The number of fused-ring (bicyclic) bond motifs is 1. The van der Waals surface area contributed by atoms with Gasteiger partial charge in [0.1, 0.15) is 5.69 Å². The molecule has 2 aromatic heterocycles. The number of benzene rings is 1. The van der Waals surface area contributed by atoms with Gasteiger partial charge in [0.05, 0.1) is 21.6 Å². The lowest BCUT2D eigenvalue weighted by molar-refractivity contribution is -0.113. The molecule has 0 aliphatic carbocycles. The molecule has 23 heavy (non-hydrogen) atoms. The molecular weight excluding hydrogens is 314 g/mol. The Hall–Kier alpha value is -2.86. The summed E-state index contributed by atoms with van der Waals surface area (Å²) >= 11 is 5.96. The predicted octanol–water partition coefficient (Wildman–Crippen LogP) is 0.976. The van der Waals surface area contributed by atoms with Crippen molar-refractivity contribution in [3.8, 4) is 11.1 Å². The Balaban J connectivity index is 2.51. The van der Waals surface area contributed by atoms with E-state index in [0.717, 1.165) is 0 Å². The third-order valence-electron chi connectivity index (χ3n) is 3.61. The average Bonchev–Trinajstić information content (AvgIpc) is 2.48. The first-order valence-electron chi connectivity index (χ1n) is 6.85. The Kier molecular flexibility index (Phi) is 3.54. The molecule has 0 spiro atoms. The van der Waals surface area contributed by atoms with Gasteiger partial charge in [0.15, 0.2) is 5.71 Å². The van der Waals surface area contributed by atoms with Crippen LogP contribution in [-0.2, 0) is 0 Å². The molecule has 0 aliphatic rings.